The van der Waals surface area contributed by atoms with Crippen LogP contribution in [0.5, 0.6) is 0 Å². The smallest absolute Gasteiger partial charge is 0.236 e. The largest absolute Gasteiger partial charge is 0.392 e. The molecule has 0 bridgehead atoms. The highest BCUT2D eigenvalue weighted by atomic mass is 32.1. The van der Waals surface area contributed by atoms with Gasteiger partial charge < -0.3 is 10.0 Å². The number of piperazine rings is 1. The molecule has 0 aliphatic carbocycles. The highest BCUT2D eigenvalue weighted by Crippen LogP contribution is 2.25. The number of thiophene rings is 1. The summed E-state index contributed by atoms with van der Waals surface area (Å²) < 4.78 is 0. The molecule has 2 saturated heterocycles. The van der Waals surface area contributed by atoms with Crippen LogP contribution in [0.4, 0.5) is 0 Å². The first kappa shape index (κ1) is 16.4. The minimum Gasteiger partial charge on any atom is -0.392 e. The summed E-state index contributed by atoms with van der Waals surface area (Å²) in [5, 5.41) is 21.0. The first-order chi connectivity index (χ1) is 11.2. The van der Waals surface area contributed by atoms with Gasteiger partial charge in [0.25, 0.3) is 0 Å². The second-order valence-electron chi connectivity index (χ2n) is 6.14. The van der Waals surface area contributed by atoms with Crippen molar-refractivity contribution < 1.29 is 9.90 Å². The molecule has 3 rings (SSSR count). The molecule has 6 nitrogen and oxygen atoms in total. The van der Waals surface area contributed by atoms with E-state index in [4.69, 9.17) is 0 Å². The van der Waals surface area contributed by atoms with Crippen LogP contribution in [0.25, 0.3) is 0 Å². The Morgan fingerprint density at radius 3 is 2.74 bits per heavy atom. The lowest BCUT2D eigenvalue weighted by Gasteiger charge is -2.37. The van der Waals surface area contributed by atoms with Crippen LogP contribution in [-0.2, 0) is 4.79 Å². The third-order valence-corrected chi connectivity index (χ3v) is 5.50. The zero-order chi connectivity index (χ0) is 16.2. The summed E-state index contributed by atoms with van der Waals surface area (Å²) in [6.45, 7) is 4.57. The summed E-state index contributed by atoms with van der Waals surface area (Å²) in [6, 6.07) is 6.13. The summed E-state index contributed by atoms with van der Waals surface area (Å²) in [7, 11) is 0. The molecular weight excluding hydrogens is 312 g/mol. The van der Waals surface area contributed by atoms with Crippen molar-refractivity contribution in [2.45, 2.75) is 18.6 Å². The lowest BCUT2D eigenvalue weighted by Crippen LogP contribution is -2.51. The zero-order valence-corrected chi connectivity index (χ0v) is 13.9. The van der Waals surface area contributed by atoms with E-state index in [1.54, 1.807) is 11.3 Å². The van der Waals surface area contributed by atoms with E-state index in [2.05, 4.69) is 11.0 Å². The van der Waals surface area contributed by atoms with Crippen molar-refractivity contribution in [1.29, 1.82) is 5.26 Å². The Balaban J connectivity index is 1.50. The fraction of sp³-hybridized carbons (Fsp3) is 0.625. The molecule has 7 heteroatoms. The number of β-amino-alcohol motifs (C(OH)–C–C–N with tert-alkyl or cyclic N) is 1. The van der Waals surface area contributed by atoms with Gasteiger partial charge in [0.1, 0.15) is 6.04 Å². The normalized spacial score (nSPS) is 24.5. The number of rotatable bonds is 4. The molecule has 1 unspecified atom stereocenters. The van der Waals surface area contributed by atoms with Gasteiger partial charge >= 0.3 is 0 Å². The van der Waals surface area contributed by atoms with Gasteiger partial charge in [-0.15, -0.1) is 11.3 Å². The maximum atomic E-state index is 12.4. The zero-order valence-electron chi connectivity index (χ0n) is 13.1. The highest BCUT2D eigenvalue weighted by Gasteiger charge is 2.29. The minimum atomic E-state index is -0.290. The molecule has 1 aromatic rings. The van der Waals surface area contributed by atoms with Crippen LogP contribution < -0.4 is 0 Å². The maximum Gasteiger partial charge on any atom is 0.236 e. The number of carbonyl (C=O) groups excluding carboxylic acids is 1. The van der Waals surface area contributed by atoms with E-state index in [0.29, 0.717) is 26.2 Å². The fourth-order valence-corrected chi connectivity index (χ4v) is 4.05. The lowest BCUT2D eigenvalue weighted by atomic mass is 10.2. The standard InChI is InChI=1S/C16H22N4O2S/c17-10-14(15-2-1-9-23-15)19-5-7-20(8-6-19)16(22)12-18-4-3-13(21)11-18/h1-2,9,13-14,21H,3-8,11-12H2/t13-,14?/m0/s1. The first-order valence-corrected chi connectivity index (χ1v) is 8.90. The van der Waals surface area contributed by atoms with Crippen molar-refractivity contribution in [1.82, 2.24) is 14.7 Å². The summed E-state index contributed by atoms with van der Waals surface area (Å²) in [5.74, 6) is 0.128. The second-order valence-corrected chi connectivity index (χ2v) is 7.12. The van der Waals surface area contributed by atoms with E-state index in [1.807, 2.05) is 27.3 Å². The Labute approximate surface area is 140 Å². The Morgan fingerprint density at radius 2 is 2.17 bits per heavy atom. The fourth-order valence-electron chi connectivity index (χ4n) is 3.25. The van der Waals surface area contributed by atoms with Crippen LogP contribution in [0, 0.1) is 11.3 Å². The van der Waals surface area contributed by atoms with Crippen LogP contribution in [0.15, 0.2) is 17.5 Å². The van der Waals surface area contributed by atoms with E-state index in [-0.39, 0.29) is 18.1 Å². The van der Waals surface area contributed by atoms with Crippen LogP contribution in [0.3, 0.4) is 0 Å². The number of aliphatic hydroxyl groups excluding tert-OH is 1. The Kier molecular flexibility index (Phi) is 5.28. The molecule has 124 valence electrons. The summed E-state index contributed by atoms with van der Waals surface area (Å²) in [6.07, 6.45) is 0.466. The van der Waals surface area contributed by atoms with Crippen LogP contribution in [0.1, 0.15) is 17.3 Å². The van der Waals surface area contributed by atoms with Crippen molar-refractivity contribution >= 4 is 17.2 Å². The van der Waals surface area contributed by atoms with Crippen LogP contribution in [-0.4, -0.2) is 77.6 Å². The van der Waals surface area contributed by atoms with Crippen molar-refractivity contribution in [3.63, 3.8) is 0 Å². The molecule has 0 radical (unpaired) electrons. The average Bonchev–Trinajstić information content (AvgIpc) is 3.21. The molecule has 2 aliphatic rings. The molecule has 2 atom stereocenters. The number of hydrogen-bond acceptors (Lipinski definition) is 6. The quantitative estimate of drug-likeness (QED) is 0.869. The number of nitriles is 1. The summed E-state index contributed by atoms with van der Waals surface area (Å²) in [5.41, 5.74) is 0. The number of amides is 1. The van der Waals surface area contributed by atoms with E-state index < -0.39 is 0 Å². The predicted octanol–water partition coefficient (Wildman–Crippen LogP) is 0.524. The lowest BCUT2D eigenvalue weighted by molar-refractivity contribution is -0.134. The van der Waals surface area contributed by atoms with Gasteiger partial charge in [0, 0.05) is 44.1 Å². The molecular formula is C16H22N4O2S. The van der Waals surface area contributed by atoms with Gasteiger partial charge in [-0.1, -0.05) is 6.07 Å². The monoisotopic (exact) mass is 334 g/mol. The molecule has 2 fully saturated rings. The van der Waals surface area contributed by atoms with Crippen LogP contribution in [0.2, 0.25) is 0 Å². The van der Waals surface area contributed by atoms with Gasteiger partial charge in [0.05, 0.1) is 18.7 Å². The molecule has 1 amide bonds. The minimum absolute atomic E-state index is 0.128. The van der Waals surface area contributed by atoms with Gasteiger partial charge in [-0.3, -0.25) is 14.6 Å². The first-order valence-electron chi connectivity index (χ1n) is 8.02. The number of nitrogens with zero attached hydrogens (tertiary/aromatic N) is 4. The van der Waals surface area contributed by atoms with Crippen molar-refractivity contribution in [2.24, 2.45) is 0 Å². The molecule has 1 aromatic heterocycles. The molecule has 23 heavy (non-hydrogen) atoms. The van der Waals surface area contributed by atoms with Gasteiger partial charge in [0.15, 0.2) is 0 Å². The highest BCUT2D eigenvalue weighted by molar-refractivity contribution is 7.10. The molecule has 1 N–H and O–H groups in total. The van der Waals surface area contributed by atoms with Gasteiger partial charge in [-0.2, -0.15) is 5.26 Å². The predicted molar refractivity (Wildman–Crippen MR) is 87.9 cm³/mol. The van der Waals surface area contributed by atoms with Crippen molar-refractivity contribution in [2.75, 3.05) is 45.8 Å². The van der Waals surface area contributed by atoms with Gasteiger partial charge in [-0.25, -0.2) is 0 Å². The number of likely N-dealkylation sites (tertiary alicyclic amines) is 1. The van der Waals surface area contributed by atoms with E-state index in [9.17, 15) is 15.2 Å². The van der Waals surface area contributed by atoms with Crippen molar-refractivity contribution in [3.8, 4) is 6.07 Å². The second kappa shape index (κ2) is 7.41. The van der Waals surface area contributed by atoms with Crippen molar-refractivity contribution in [3.05, 3.63) is 22.4 Å². The summed E-state index contributed by atoms with van der Waals surface area (Å²) in [4.78, 5) is 19.5. The van der Waals surface area contributed by atoms with E-state index >= 15 is 0 Å². The third-order valence-electron chi connectivity index (χ3n) is 4.57. The molecule has 2 aliphatic heterocycles. The molecule has 0 aromatic carbocycles. The number of hydrogen-bond donors (Lipinski definition) is 1. The van der Waals surface area contributed by atoms with Crippen LogP contribution >= 0.6 is 11.3 Å². The molecule has 3 heterocycles. The summed E-state index contributed by atoms with van der Waals surface area (Å²) >= 11 is 1.60. The van der Waals surface area contributed by atoms with Gasteiger partial charge in [0.2, 0.25) is 5.91 Å². The maximum absolute atomic E-state index is 12.4. The van der Waals surface area contributed by atoms with E-state index in [0.717, 1.165) is 30.9 Å². The number of carbonyl (C=O) groups is 1. The molecule has 0 saturated carbocycles. The SMILES string of the molecule is N#CC(c1cccs1)N1CCN(C(=O)CN2CC[C@H](O)C2)CC1. The average molecular weight is 334 g/mol. The Hall–Kier alpha value is -1.46. The van der Waals surface area contributed by atoms with E-state index in [1.165, 1.54) is 0 Å². The molecule has 0 spiro atoms. The third kappa shape index (κ3) is 3.90. The Bertz CT molecular complexity index is 563. The Morgan fingerprint density at radius 1 is 1.39 bits per heavy atom. The van der Waals surface area contributed by atoms with Gasteiger partial charge in [-0.05, 0) is 17.9 Å². The number of aliphatic hydroxyl groups is 1. The topological polar surface area (TPSA) is 70.8 Å².